The van der Waals surface area contributed by atoms with Gasteiger partial charge in [-0.3, -0.25) is 4.79 Å². The number of carbonyl (C=O) groups excluding carboxylic acids is 2. The Bertz CT molecular complexity index is 454. The highest BCUT2D eigenvalue weighted by Crippen LogP contribution is 2.30. The first kappa shape index (κ1) is 13.7. The van der Waals surface area contributed by atoms with E-state index in [1.54, 1.807) is 19.1 Å². The van der Waals surface area contributed by atoms with Gasteiger partial charge in [0.1, 0.15) is 5.75 Å². The summed E-state index contributed by atoms with van der Waals surface area (Å²) in [5, 5.41) is 0. The smallest absolute Gasteiger partial charge is 0.379 e. The highest BCUT2D eigenvalue weighted by molar-refractivity contribution is 9.10. The van der Waals surface area contributed by atoms with Crippen molar-refractivity contribution in [2.24, 2.45) is 0 Å². The number of Topliss-reactive ketones (excluding diaryl/α,β-unsaturated/α-hetero) is 1. The lowest BCUT2D eigenvalue weighted by Crippen LogP contribution is -2.18. The molecule has 1 aromatic rings. The SMILES string of the molecule is CCOC(=O)C(=O)c1cc(C)cc(Br)c1OC. The Balaban J connectivity index is 3.20. The zero-order valence-electron chi connectivity index (χ0n) is 9.87. The van der Waals surface area contributed by atoms with Crippen molar-refractivity contribution in [2.45, 2.75) is 13.8 Å². The van der Waals surface area contributed by atoms with Gasteiger partial charge in [0, 0.05) is 0 Å². The van der Waals surface area contributed by atoms with Gasteiger partial charge in [-0.05, 0) is 47.5 Å². The van der Waals surface area contributed by atoms with E-state index in [4.69, 9.17) is 4.74 Å². The van der Waals surface area contributed by atoms with Crippen molar-refractivity contribution < 1.29 is 19.1 Å². The predicted molar refractivity (Wildman–Crippen MR) is 66.4 cm³/mol. The molecule has 0 aliphatic carbocycles. The molecule has 0 saturated heterocycles. The molecule has 17 heavy (non-hydrogen) atoms. The van der Waals surface area contributed by atoms with Crippen molar-refractivity contribution in [1.82, 2.24) is 0 Å². The third-order valence-corrected chi connectivity index (χ3v) is 2.69. The fourth-order valence-electron chi connectivity index (χ4n) is 1.41. The van der Waals surface area contributed by atoms with Gasteiger partial charge in [-0.15, -0.1) is 0 Å². The lowest BCUT2D eigenvalue weighted by Gasteiger charge is -2.10. The van der Waals surface area contributed by atoms with Crippen LogP contribution in [0.15, 0.2) is 16.6 Å². The number of methoxy groups -OCH3 is 1. The van der Waals surface area contributed by atoms with Gasteiger partial charge in [-0.2, -0.15) is 0 Å². The number of hydrogen-bond donors (Lipinski definition) is 0. The molecule has 0 aliphatic heterocycles. The molecule has 0 atom stereocenters. The maximum absolute atomic E-state index is 11.8. The minimum atomic E-state index is -0.872. The topological polar surface area (TPSA) is 52.6 Å². The van der Waals surface area contributed by atoms with E-state index in [9.17, 15) is 9.59 Å². The molecule has 0 heterocycles. The molecule has 1 rings (SSSR count). The van der Waals surface area contributed by atoms with Crippen LogP contribution in [-0.2, 0) is 9.53 Å². The molecule has 0 amide bonds. The number of esters is 1. The minimum absolute atomic E-state index is 0.167. The molecule has 0 radical (unpaired) electrons. The molecule has 0 unspecified atom stereocenters. The van der Waals surface area contributed by atoms with Crippen LogP contribution in [0.4, 0.5) is 0 Å². The first-order chi connectivity index (χ1) is 8.01. The maximum Gasteiger partial charge on any atom is 0.379 e. The number of aryl methyl sites for hydroxylation is 1. The molecule has 0 bridgehead atoms. The van der Waals surface area contributed by atoms with Gasteiger partial charge in [-0.25, -0.2) is 4.79 Å². The molecule has 92 valence electrons. The van der Waals surface area contributed by atoms with Crippen LogP contribution in [0, 0.1) is 6.92 Å². The van der Waals surface area contributed by atoms with Gasteiger partial charge in [0.15, 0.2) is 0 Å². The average molecular weight is 301 g/mol. The van der Waals surface area contributed by atoms with Crippen molar-refractivity contribution in [3.63, 3.8) is 0 Å². The zero-order valence-corrected chi connectivity index (χ0v) is 11.5. The number of halogens is 1. The summed E-state index contributed by atoms with van der Waals surface area (Å²) in [4.78, 5) is 23.2. The molecule has 0 saturated carbocycles. The summed E-state index contributed by atoms with van der Waals surface area (Å²) in [5.74, 6) is -1.23. The number of ether oxygens (including phenoxy) is 2. The first-order valence-electron chi connectivity index (χ1n) is 5.06. The van der Waals surface area contributed by atoms with Crippen LogP contribution in [0.25, 0.3) is 0 Å². The van der Waals surface area contributed by atoms with Crippen LogP contribution in [0.3, 0.4) is 0 Å². The average Bonchev–Trinajstić information content (AvgIpc) is 2.27. The molecule has 5 heteroatoms. The van der Waals surface area contributed by atoms with Crippen LogP contribution in [0.1, 0.15) is 22.8 Å². The van der Waals surface area contributed by atoms with E-state index in [0.717, 1.165) is 5.56 Å². The number of benzene rings is 1. The second-order valence-electron chi connectivity index (χ2n) is 3.38. The summed E-state index contributed by atoms with van der Waals surface area (Å²) in [6.07, 6.45) is 0. The molecule has 0 N–H and O–H groups in total. The standard InChI is InChI=1S/C12H13BrO4/c1-4-17-12(15)10(14)8-5-7(2)6-9(13)11(8)16-3/h5-6H,4H2,1-3H3. The second-order valence-corrected chi connectivity index (χ2v) is 4.23. The summed E-state index contributed by atoms with van der Waals surface area (Å²) in [6.45, 7) is 3.64. The molecular weight excluding hydrogens is 288 g/mol. The monoisotopic (exact) mass is 300 g/mol. The Morgan fingerprint density at radius 2 is 2.00 bits per heavy atom. The van der Waals surface area contributed by atoms with E-state index >= 15 is 0 Å². The van der Waals surface area contributed by atoms with E-state index < -0.39 is 11.8 Å². The fourth-order valence-corrected chi connectivity index (χ4v) is 2.15. The second kappa shape index (κ2) is 5.82. The van der Waals surface area contributed by atoms with E-state index in [0.29, 0.717) is 10.2 Å². The van der Waals surface area contributed by atoms with Gasteiger partial charge in [0.25, 0.3) is 5.78 Å². The van der Waals surface area contributed by atoms with Crippen molar-refractivity contribution >= 4 is 27.7 Å². The number of carbonyl (C=O) groups is 2. The largest absolute Gasteiger partial charge is 0.495 e. The Labute approximate surface area is 108 Å². The van der Waals surface area contributed by atoms with Crippen LogP contribution < -0.4 is 4.74 Å². The predicted octanol–water partition coefficient (Wildman–Crippen LogP) is 2.51. The highest BCUT2D eigenvalue weighted by atomic mass is 79.9. The molecule has 0 spiro atoms. The number of hydrogen-bond acceptors (Lipinski definition) is 4. The molecule has 1 aromatic carbocycles. The Morgan fingerprint density at radius 1 is 1.35 bits per heavy atom. The Hall–Kier alpha value is -1.36. The lowest BCUT2D eigenvalue weighted by atomic mass is 10.1. The normalized spacial score (nSPS) is 9.88. The van der Waals surface area contributed by atoms with Gasteiger partial charge in [0.2, 0.25) is 0 Å². The summed E-state index contributed by atoms with van der Waals surface area (Å²) >= 11 is 3.29. The van der Waals surface area contributed by atoms with Crippen molar-refractivity contribution in [1.29, 1.82) is 0 Å². The summed E-state index contributed by atoms with van der Waals surface area (Å²) in [6, 6.07) is 3.41. The van der Waals surface area contributed by atoms with E-state index in [-0.39, 0.29) is 12.2 Å². The van der Waals surface area contributed by atoms with Crippen LogP contribution in [0.5, 0.6) is 5.75 Å². The van der Waals surface area contributed by atoms with Crippen molar-refractivity contribution in [3.05, 3.63) is 27.7 Å². The van der Waals surface area contributed by atoms with Crippen LogP contribution in [-0.4, -0.2) is 25.5 Å². The van der Waals surface area contributed by atoms with Gasteiger partial charge < -0.3 is 9.47 Å². The minimum Gasteiger partial charge on any atom is -0.495 e. The van der Waals surface area contributed by atoms with Gasteiger partial charge in [-0.1, -0.05) is 0 Å². The molecule has 0 fully saturated rings. The highest BCUT2D eigenvalue weighted by Gasteiger charge is 2.23. The molecular formula is C12H13BrO4. The molecule has 0 aliphatic rings. The summed E-state index contributed by atoms with van der Waals surface area (Å²) in [5.41, 5.74) is 1.06. The summed E-state index contributed by atoms with van der Waals surface area (Å²) < 4.78 is 10.4. The zero-order chi connectivity index (χ0) is 13.0. The van der Waals surface area contributed by atoms with Crippen molar-refractivity contribution in [2.75, 3.05) is 13.7 Å². The van der Waals surface area contributed by atoms with E-state index in [1.165, 1.54) is 7.11 Å². The maximum atomic E-state index is 11.8. The number of rotatable bonds is 4. The fraction of sp³-hybridized carbons (Fsp3) is 0.333. The Morgan fingerprint density at radius 3 is 2.53 bits per heavy atom. The lowest BCUT2D eigenvalue weighted by molar-refractivity contribution is -0.137. The van der Waals surface area contributed by atoms with Gasteiger partial charge >= 0.3 is 5.97 Å². The quantitative estimate of drug-likeness (QED) is 0.487. The third-order valence-electron chi connectivity index (χ3n) is 2.10. The number of ketones is 1. The van der Waals surface area contributed by atoms with Crippen LogP contribution in [0.2, 0.25) is 0 Å². The molecule has 0 aromatic heterocycles. The molecule has 4 nitrogen and oxygen atoms in total. The van der Waals surface area contributed by atoms with Crippen molar-refractivity contribution in [3.8, 4) is 5.75 Å². The van der Waals surface area contributed by atoms with E-state index in [2.05, 4.69) is 20.7 Å². The summed E-state index contributed by atoms with van der Waals surface area (Å²) in [7, 11) is 1.44. The van der Waals surface area contributed by atoms with Crippen LogP contribution >= 0.6 is 15.9 Å². The van der Waals surface area contributed by atoms with Gasteiger partial charge in [0.05, 0.1) is 23.8 Å². The first-order valence-corrected chi connectivity index (χ1v) is 5.86. The Kier molecular flexibility index (Phi) is 4.69. The third kappa shape index (κ3) is 3.06. The van der Waals surface area contributed by atoms with E-state index in [1.807, 2.05) is 6.92 Å².